The maximum absolute atomic E-state index is 15.0. The zero-order valence-corrected chi connectivity index (χ0v) is 16.3. The van der Waals surface area contributed by atoms with Crippen molar-refractivity contribution in [3.8, 4) is 0 Å². The van der Waals surface area contributed by atoms with Gasteiger partial charge in [0.2, 0.25) is 11.9 Å². The van der Waals surface area contributed by atoms with Crippen molar-refractivity contribution in [1.82, 2.24) is 15.0 Å². The van der Waals surface area contributed by atoms with E-state index in [0.717, 1.165) is 0 Å². The number of aromatic nitrogens is 3. The van der Waals surface area contributed by atoms with Gasteiger partial charge in [0, 0.05) is 43.3 Å². The van der Waals surface area contributed by atoms with Crippen LogP contribution in [0.5, 0.6) is 0 Å². The van der Waals surface area contributed by atoms with E-state index in [1.54, 1.807) is 0 Å². The van der Waals surface area contributed by atoms with Gasteiger partial charge in [-0.3, -0.25) is 0 Å². The Morgan fingerprint density at radius 1 is 0.839 bits per heavy atom. The van der Waals surface area contributed by atoms with Gasteiger partial charge >= 0.3 is 0 Å². The molecule has 0 amide bonds. The first-order valence-corrected chi connectivity index (χ1v) is 9.71. The van der Waals surface area contributed by atoms with E-state index < -0.39 is 66.2 Å². The van der Waals surface area contributed by atoms with Crippen LogP contribution in [0.4, 0.5) is 33.8 Å². The monoisotopic (exact) mass is 435 g/mol. The Balaban J connectivity index is 1.64. The van der Waals surface area contributed by atoms with Gasteiger partial charge in [-0.25, -0.2) is 22.0 Å². The third-order valence-corrected chi connectivity index (χ3v) is 5.85. The maximum Gasteiger partial charge on any atom is 0.252 e. The average molecular weight is 435 g/mol. The molecule has 1 aromatic heterocycles. The van der Waals surface area contributed by atoms with E-state index in [-0.39, 0.29) is 36.1 Å². The molecule has 1 heterocycles. The molecule has 0 unspecified atom stereocenters. The van der Waals surface area contributed by atoms with Crippen LogP contribution in [-0.4, -0.2) is 73.0 Å². The van der Waals surface area contributed by atoms with Crippen molar-refractivity contribution < 1.29 is 27.1 Å². The highest BCUT2D eigenvalue weighted by Gasteiger charge is 2.48. The number of hydrogen-bond donors (Lipinski definition) is 3. The van der Waals surface area contributed by atoms with Crippen LogP contribution >= 0.6 is 0 Å². The summed E-state index contributed by atoms with van der Waals surface area (Å²) < 4.78 is 67.6. The van der Waals surface area contributed by atoms with Gasteiger partial charge in [0.25, 0.3) is 11.8 Å². The molecule has 1 atom stereocenters. The second kappa shape index (κ2) is 7.08. The molecule has 3 aliphatic carbocycles. The number of aliphatic hydroxyl groups is 1. The minimum atomic E-state index is -2.80. The van der Waals surface area contributed by atoms with Crippen molar-refractivity contribution in [2.24, 2.45) is 0 Å². The van der Waals surface area contributed by atoms with Gasteiger partial charge in [0.05, 0.1) is 21.2 Å². The van der Waals surface area contributed by atoms with E-state index in [0.29, 0.717) is 0 Å². The Morgan fingerprint density at radius 2 is 1.29 bits per heavy atom. The zero-order valence-electron chi connectivity index (χ0n) is 16.3. The minimum Gasteiger partial charge on any atom is -0.394 e. The van der Waals surface area contributed by atoms with E-state index in [2.05, 4.69) is 25.6 Å². The van der Waals surface area contributed by atoms with Crippen LogP contribution in [0, 0.1) is 0 Å². The van der Waals surface area contributed by atoms with Crippen LogP contribution in [0.2, 0.25) is 5.21 Å². The van der Waals surface area contributed by atoms with Gasteiger partial charge in [-0.2, -0.15) is 15.0 Å². The van der Waals surface area contributed by atoms with E-state index in [1.807, 2.05) is 0 Å². The summed E-state index contributed by atoms with van der Waals surface area (Å²) in [6.45, 7) is 0. The van der Waals surface area contributed by atoms with Crippen molar-refractivity contribution in [1.29, 1.82) is 0 Å². The summed E-state index contributed by atoms with van der Waals surface area (Å²) >= 11 is 0. The molecule has 0 aromatic carbocycles. The van der Waals surface area contributed by atoms with Gasteiger partial charge in [0.15, 0.2) is 5.82 Å². The molecular formula is C17H17B3F5N5O. The predicted molar refractivity (Wildman–Crippen MR) is 105 cm³/mol. The molecule has 0 bridgehead atoms. The SMILES string of the molecule is [B]C1([B])CCC(c2nc(NC3CC(F)(F)C3)nc(NC3CC(F)(F)C3)n2)=C(F)[C@@]1([B])O. The molecule has 0 saturated heterocycles. The molecule has 160 valence electrons. The van der Waals surface area contributed by atoms with Gasteiger partial charge in [-0.05, 0) is 6.42 Å². The third-order valence-electron chi connectivity index (χ3n) is 5.85. The largest absolute Gasteiger partial charge is 0.394 e. The van der Waals surface area contributed by atoms with Crippen molar-refractivity contribution >= 4 is 41.0 Å². The summed E-state index contributed by atoms with van der Waals surface area (Å²) in [5.74, 6) is -7.36. The molecule has 6 radical (unpaired) electrons. The number of allylic oxidation sites excluding steroid dienone is 1. The number of nitrogens with one attached hydrogen (secondary N) is 2. The predicted octanol–water partition coefficient (Wildman–Crippen LogP) is 2.08. The zero-order chi connectivity index (χ0) is 22.8. The molecule has 2 saturated carbocycles. The number of anilines is 2. The standard InChI is InChI=1S/C17H17B3F5N5O/c18-16(19)2-1-9(10(21)17(16,20)31)11-28-12(26-7-3-14(22,23)4-7)30-13(29-11)27-8-5-15(24,25)6-8/h7-8,31H,1-6H2,(H2,26,27,28,29,30)/t17-/m1/s1. The minimum absolute atomic E-state index is 0.0791. The maximum atomic E-state index is 15.0. The van der Waals surface area contributed by atoms with Crippen LogP contribution in [-0.2, 0) is 0 Å². The van der Waals surface area contributed by atoms with Crippen LogP contribution in [0.15, 0.2) is 5.83 Å². The average Bonchev–Trinajstić information content (AvgIpc) is 2.57. The summed E-state index contributed by atoms with van der Waals surface area (Å²) in [4.78, 5) is 12.2. The molecule has 4 rings (SSSR count). The second-order valence-electron chi connectivity index (χ2n) is 8.62. The Morgan fingerprint density at radius 3 is 1.71 bits per heavy atom. The lowest BCUT2D eigenvalue weighted by Crippen LogP contribution is -2.48. The van der Waals surface area contributed by atoms with E-state index >= 15 is 0 Å². The fourth-order valence-electron chi connectivity index (χ4n) is 3.81. The molecule has 0 aliphatic heterocycles. The second-order valence-corrected chi connectivity index (χ2v) is 8.62. The van der Waals surface area contributed by atoms with Crippen LogP contribution in [0.25, 0.3) is 5.57 Å². The lowest BCUT2D eigenvalue weighted by Gasteiger charge is -2.45. The van der Waals surface area contributed by atoms with E-state index in [1.165, 1.54) is 0 Å². The highest BCUT2D eigenvalue weighted by atomic mass is 19.3. The van der Waals surface area contributed by atoms with Gasteiger partial charge in [0.1, 0.15) is 13.7 Å². The van der Waals surface area contributed by atoms with Crippen molar-refractivity contribution in [3.63, 3.8) is 0 Å². The first-order chi connectivity index (χ1) is 14.2. The smallest absolute Gasteiger partial charge is 0.252 e. The summed E-state index contributed by atoms with van der Waals surface area (Å²) in [5, 5.41) is 13.8. The highest BCUT2D eigenvalue weighted by Crippen LogP contribution is 2.49. The summed E-state index contributed by atoms with van der Waals surface area (Å²) in [6, 6.07) is -1.24. The molecule has 6 nitrogen and oxygen atoms in total. The molecule has 3 N–H and O–H groups in total. The molecule has 2 fully saturated rings. The fraction of sp³-hybridized carbons (Fsp3) is 0.706. The van der Waals surface area contributed by atoms with Gasteiger partial charge in [-0.1, -0.05) is 11.6 Å². The number of halogens is 5. The molecular weight excluding hydrogens is 418 g/mol. The number of rotatable bonds is 5. The first-order valence-electron chi connectivity index (χ1n) is 9.71. The number of hydrogen-bond acceptors (Lipinski definition) is 6. The van der Waals surface area contributed by atoms with Crippen LogP contribution < -0.4 is 10.6 Å². The lowest BCUT2D eigenvalue weighted by atomic mass is 9.37. The Hall–Kier alpha value is -1.85. The number of alkyl halides is 4. The van der Waals surface area contributed by atoms with E-state index in [4.69, 9.17) is 23.5 Å². The summed E-state index contributed by atoms with van der Waals surface area (Å²) in [5.41, 5.74) is -2.89. The van der Waals surface area contributed by atoms with Crippen molar-refractivity contribution in [2.75, 3.05) is 10.6 Å². The highest BCUT2D eigenvalue weighted by molar-refractivity contribution is 6.45. The Kier molecular flexibility index (Phi) is 5.10. The normalized spacial score (nSPS) is 29.7. The van der Waals surface area contributed by atoms with Crippen LogP contribution in [0.1, 0.15) is 44.3 Å². The summed E-state index contributed by atoms with van der Waals surface area (Å²) in [7, 11) is 17.0. The van der Waals surface area contributed by atoms with Crippen molar-refractivity contribution in [3.05, 3.63) is 11.7 Å². The lowest BCUT2D eigenvalue weighted by molar-refractivity contribution is -0.0799. The first kappa shape index (κ1) is 22.4. The fourth-order valence-corrected chi connectivity index (χ4v) is 3.81. The third kappa shape index (κ3) is 4.27. The van der Waals surface area contributed by atoms with Crippen molar-refractivity contribution in [2.45, 2.75) is 73.2 Å². The van der Waals surface area contributed by atoms with Crippen LogP contribution in [0.3, 0.4) is 0 Å². The number of nitrogens with zero attached hydrogens (tertiary/aromatic N) is 3. The Labute approximate surface area is 179 Å². The summed E-state index contributed by atoms with van der Waals surface area (Å²) in [6.07, 6.45) is -1.93. The molecule has 3 aliphatic rings. The van der Waals surface area contributed by atoms with E-state index in [9.17, 15) is 27.1 Å². The molecule has 31 heavy (non-hydrogen) atoms. The quantitative estimate of drug-likeness (QED) is 0.486. The Bertz CT molecular complexity index is 869. The molecule has 14 heteroatoms. The van der Waals surface area contributed by atoms with Gasteiger partial charge < -0.3 is 15.7 Å². The van der Waals surface area contributed by atoms with Gasteiger partial charge in [-0.15, -0.1) is 0 Å². The topological polar surface area (TPSA) is 83.0 Å². The molecule has 1 aromatic rings. The molecule has 0 spiro atoms.